The molecule has 1 fully saturated rings. The number of aromatic nitrogens is 2. The highest BCUT2D eigenvalue weighted by atomic mass is 32.1. The van der Waals surface area contributed by atoms with Crippen LogP contribution in [0, 0.1) is 17.1 Å². The van der Waals surface area contributed by atoms with Crippen LogP contribution < -0.4 is 0 Å². The third-order valence-electron chi connectivity index (χ3n) is 4.12. The van der Waals surface area contributed by atoms with Crippen molar-refractivity contribution < 1.29 is 0 Å². The summed E-state index contributed by atoms with van der Waals surface area (Å²) in [5.41, 5.74) is 4.17. The van der Waals surface area contributed by atoms with Crippen LogP contribution in [0.4, 0.5) is 0 Å². The summed E-state index contributed by atoms with van der Waals surface area (Å²) in [4.78, 5) is 3.34. The van der Waals surface area contributed by atoms with E-state index in [9.17, 15) is 0 Å². The average Bonchev–Trinajstić information content (AvgIpc) is 2.56. The van der Waals surface area contributed by atoms with Crippen LogP contribution in [0.3, 0.4) is 0 Å². The van der Waals surface area contributed by atoms with Gasteiger partial charge >= 0.3 is 0 Å². The van der Waals surface area contributed by atoms with Crippen molar-refractivity contribution in [3.05, 3.63) is 28.5 Å². The molecule has 2 aromatic rings. The van der Waals surface area contributed by atoms with E-state index < -0.39 is 0 Å². The van der Waals surface area contributed by atoms with Crippen LogP contribution >= 0.6 is 12.2 Å². The molecular weight excluding hydrogens is 228 g/mol. The fraction of sp³-hybridized carbons (Fsp3) is 0.500. The summed E-state index contributed by atoms with van der Waals surface area (Å²) >= 11 is 5.46. The van der Waals surface area contributed by atoms with E-state index >= 15 is 0 Å². The summed E-state index contributed by atoms with van der Waals surface area (Å²) < 4.78 is 3.14. The summed E-state index contributed by atoms with van der Waals surface area (Å²) in [6.45, 7) is 5.55. The van der Waals surface area contributed by atoms with Crippen LogP contribution in [-0.4, -0.2) is 9.55 Å². The summed E-state index contributed by atoms with van der Waals surface area (Å²) in [5.74, 6) is 0. The fourth-order valence-electron chi connectivity index (χ4n) is 2.80. The van der Waals surface area contributed by atoms with E-state index in [0.717, 1.165) is 11.3 Å². The number of H-pyrrole nitrogens is 1. The zero-order valence-electron chi connectivity index (χ0n) is 10.4. The monoisotopic (exact) mass is 246 g/mol. The molecule has 2 nitrogen and oxygen atoms in total. The highest BCUT2D eigenvalue weighted by Crippen LogP contribution is 2.42. The number of imidazole rings is 1. The van der Waals surface area contributed by atoms with E-state index in [1.165, 1.54) is 35.9 Å². The number of aryl methyl sites for hydroxylation is 1. The Hall–Kier alpha value is -1.09. The number of rotatable bonds is 2. The number of hydrogen-bond donors (Lipinski definition) is 1. The largest absolute Gasteiger partial charge is 0.330 e. The third kappa shape index (κ3) is 1.73. The molecule has 1 N–H and O–H groups in total. The molecule has 0 bridgehead atoms. The van der Waals surface area contributed by atoms with E-state index in [2.05, 4.69) is 41.6 Å². The Morgan fingerprint density at radius 2 is 2.18 bits per heavy atom. The van der Waals surface area contributed by atoms with Crippen molar-refractivity contribution in [3.63, 3.8) is 0 Å². The van der Waals surface area contributed by atoms with Crippen molar-refractivity contribution >= 4 is 23.3 Å². The lowest BCUT2D eigenvalue weighted by atomic mass is 9.70. The first kappa shape index (κ1) is 11.0. The van der Waals surface area contributed by atoms with Crippen molar-refractivity contribution in [2.75, 3.05) is 0 Å². The number of nitrogens with one attached hydrogen (secondary N) is 1. The molecule has 0 unspecified atom stereocenters. The molecule has 0 radical (unpaired) electrons. The number of fused-ring (bicyclic) bond motifs is 1. The minimum atomic E-state index is 0.455. The second-order valence-electron chi connectivity index (χ2n) is 5.65. The zero-order valence-corrected chi connectivity index (χ0v) is 11.2. The Kier molecular flexibility index (Phi) is 2.40. The minimum absolute atomic E-state index is 0.455. The molecular formula is C14H18N2S. The van der Waals surface area contributed by atoms with Gasteiger partial charge in [0.1, 0.15) is 0 Å². The molecule has 0 atom stereocenters. The summed E-state index contributed by atoms with van der Waals surface area (Å²) in [6.07, 6.45) is 4.02. The van der Waals surface area contributed by atoms with Crippen LogP contribution in [0.2, 0.25) is 0 Å². The predicted octanol–water partition coefficient (Wildman–Crippen LogP) is 4.20. The van der Waals surface area contributed by atoms with E-state index in [1.54, 1.807) is 0 Å². The van der Waals surface area contributed by atoms with Crippen LogP contribution in [-0.2, 0) is 6.54 Å². The lowest BCUT2D eigenvalue weighted by Gasteiger charge is -2.38. The first-order valence-electron chi connectivity index (χ1n) is 6.27. The van der Waals surface area contributed by atoms with Gasteiger partial charge in [-0.3, -0.25) is 0 Å². The first-order valence-corrected chi connectivity index (χ1v) is 6.68. The van der Waals surface area contributed by atoms with E-state index in [4.69, 9.17) is 12.2 Å². The standard InChI is InChI=1S/C14H18N2S/c1-10-5-3-6-11-12(10)15-13(17)16(11)9-14(2)7-4-8-14/h3,5-6H,4,7-9H2,1-2H3,(H,15,17). The molecule has 3 rings (SSSR count). The second kappa shape index (κ2) is 3.70. The van der Waals surface area contributed by atoms with Crippen molar-refractivity contribution in [2.24, 2.45) is 5.41 Å². The van der Waals surface area contributed by atoms with Crippen molar-refractivity contribution in [1.82, 2.24) is 9.55 Å². The van der Waals surface area contributed by atoms with Gasteiger partial charge in [0.25, 0.3) is 0 Å². The smallest absolute Gasteiger partial charge is 0.178 e. The van der Waals surface area contributed by atoms with E-state index in [-0.39, 0.29) is 0 Å². The molecule has 0 spiro atoms. The zero-order chi connectivity index (χ0) is 12.0. The van der Waals surface area contributed by atoms with Crippen molar-refractivity contribution in [1.29, 1.82) is 0 Å². The topological polar surface area (TPSA) is 20.7 Å². The van der Waals surface area contributed by atoms with Gasteiger partial charge in [0, 0.05) is 6.54 Å². The van der Waals surface area contributed by atoms with Gasteiger partial charge in [-0.15, -0.1) is 0 Å². The highest BCUT2D eigenvalue weighted by Gasteiger charge is 2.32. The Balaban J connectivity index is 2.12. The molecule has 1 heterocycles. The molecule has 0 saturated heterocycles. The maximum atomic E-state index is 5.46. The molecule has 3 heteroatoms. The number of nitrogens with zero attached hydrogens (tertiary/aromatic N) is 1. The normalized spacial score (nSPS) is 18.2. The fourth-order valence-corrected chi connectivity index (χ4v) is 3.07. The number of para-hydroxylation sites is 1. The number of aromatic amines is 1. The van der Waals surface area contributed by atoms with Gasteiger partial charge in [-0.25, -0.2) is 0 Å². The number of benzene rings is 1. The molecule has 1 aliphatic rings. The van der Waals surface area contributed by atoms with Crippen LogP contribution in [0.1, 0.15) is 31.7 Å². The lowest BCUT2D eigenvalue weighted by molar-refractivity contribution is 0.133. The molecule has 90 valence electrons. The van der Waals surface area contributed by atoms with Gasteiger partial charge in [0.15, 0.2) is 4.77 Å². The quantitative estimate of drug-likeness (QED) is 0.788. The van der Waals surface area contributed by atoms with Crippen molar-refractivity contribution in [3.8, 4) is 0 Å². The van der Waals surface area contributed by atoms with Gasteiger partial charge in [-0.05, 0) is 49.0 Å². The minimum Gasteiger partial charge on any atom is -0.330 e. The van der Waals surface area contributed by atoms with Gasteiger partial charge in [-0.1, -0.05) is 25.5 Å². The second-order valence-corrected chi connectivity index (χ2v) is 6.04. The molecule has 17 heavy (non-hydrogen) atoms. The molecule has 0 amide bonds. The number of hydrogen-bond acceptors (Lipinski definition) is 1. The Bertz CT molecular complexity index is 617. The molecule has 0 aliphatic heterocycles. The summed E-state index contributed by atoms with van der Waals surface area (Å²) in [6, 6.07) is 6.40. The first-order chi connectivity index (χ1) is 8.09. The SMILES string of the molecule is Cc1cccc2c1[nH]c(=S)n2CC1(C)CCC1. The Morgan fingerprint density at radius 3 is 2.82 bits per heavy atom. The van der Waals surface area contributed by atoms with Gasteiger partial charge in [-0.2, -0.15) is 0 Å². The average molecular weight is 246 g/mol. The molecule has 1 aromatic carbocycles. The Morgan fingerprint density at radius 1 is 1.41 bits per heavy atom. The maximum Gasteiger partial charge on any atom is 0.178 e. The van der Waals surface area contributed by atoms with Crippen molar-refractivity contribution in [2.45, 2.75) is 39.7 Å². The highest BCUT2D eigenvalue weighted by molar-refractivity contribution is 7.71. The molecule has 1 aliphatic carbocycles. The van der Waals surface area contributed by atoms with E-state index in [0.29, 0.717) is 5.41 Å². The van der Waals surface area contributed by atoms with Gasteiger partial charge in [0.2, 0.25) is 0 Å². The van der Waals surface area contributed by atoms with Gasteiger partial charge in [0.05, 0.1) is 11.0 Å². The summed E-state index contributed by atoms with van der Waals surface area (Å²) in [7, 11) is 0. The molecule has 1 saturated carbocycles. The maximum absolute atomic E-state index is 5.46. The third-order valence-corrected chi connectivity index (χ3v) is 4.44. The molecule has 1 aromatic heterocycles. The van der Waals surface area contributed by atoms with Gasteiger partial charge < -0.3 is 9.55 Å². The lowest BCUT2D eigenvalue weighted by Crippen LogP contribution is -2.30. The van der Waals surface area contributed by atoms with Crippen LogP contribution in [0.15, 0.2) is 18.2 Å². The Labute approximate surface area is 107 Å². The van der Waals surface area contributed by atoms with Crippen LogP contribution in [0.5, 0.6) is 0 Å². The van der Waals surface area contributed by atoms with E-state index in [1.807, 2.05) is 0 Å². The predicted molar refractivity (Wildman–Crippen MR) is 73.8 cm³/mol. The van der Waals surface area contributed by atoms with Crippen LogP contribution in [0.25, 0.3) is 11.0 Å². The summed E-state index contributed by atoms with van der Waals surface area (Å²) in [5, 5.41) is 0.